The van der Waals surface area contributed by atoms with E-state index in [0.29, 0.717) is 24.7 Å². The first kappa shape index (κ1) is 19.5. The number of guanidine groups is 1. The number of rotatable bonds is 7. The third-order valence-corrected chi connectivity index (χ3v) is 5.40. The van der Waals surface area contributed by atoms with Crippen LogP contribution in [0.2, 0.25) is 0 Å². The SMILES string of the molecule is CCNC(=NCC(O)COc1ccc(F)cc1)NC1CCS(=O)(=O)C1. The van der Waals surface area contributed by atoms with E-state index in [1.807, 2.05) is 6.92 Å². The third-order valence-electron chi connectivity index (χ3n) is 3.63. The van der Waals surface area contributed by atoms with Gasteiger partial charge in [-0.1, -0.05) is 0 Å². The molecule has 1 aliphatic rings. The molecule has 0 bridgehead atoms. The third kappa shape index (κ3) is 6.87. The molecule has 2 unspecified atom stereocenters. The second-order valence-electron chi connectivity index (χ2n) is 5.88. The van der Waals surface area contributed by atoms with Gasteiger partial charge in [-0.2, -0.15) is 0 Å². The number of halogens is 1. The van der Waals surface area contributed by atoms with Crippen molar-refractivity contribution in [3.05, 3.63) is 30.1 Å². The number of sulfone groups is 1. The zero-order valence-corrected chi connectivity index (χ0v) is 14.9. The van der Waals surface area contributed by atoms with Gasteiger partial charge in [0, 0.05) is 12.6 Å². The molecule has 1 saturated heterocycles. The Kier molecular flexibility index (Phi) is 7.01. The van der Waals surface area contributed by atoms with Crippen LogP contribution in [0.15, 0.2) is 29.3 Å². The fraction of sp³-hybridized carbons (Fsp3) is 0.562. The number of hydrogen-bond acceptors (Lipinski definition) is 5. The lowest BCUT2D eigenvalue weighted by molar-refractivity contribution is 0.114. The van der Waals surface area contributed by atoms with E-state index in [1.165, 1.54) is 24.3 Å². The molecular weight excluding hydrogens is 349 g/mol. The summed E-state index contributed by atoms with van der Waals surface area (Å²) in [6.07, 6.45) is -0.295. The van der Waals surface area contributed by atoms with Gasteiger partial charge in [0.2, 0.25) is 0 Å². The Hall–Kier alpha value is -1.87. The lowest BCUT2D eigenvalue weighted by Crippen LogP contribution is -2.44. The molecule has 0 saturated carbocycles. The minimum absolute atomic E-state index is 0.0202. The van der Waals surface area contributed by atoms with E-state index in [2.05, 4.69) is 15.6 Å². The van der Waals surface area contributed by atoms with Gasteiger partial charge in [-0.05, 0) is 37.6 Å². The maximum Gasteiger partial charge on any atom is 0.191 e. The van der Waals surface area contributed by atoms with Gasteiger partial charge in [-0.15, -0.1) is 0 Å². The molecular formula is C16H24FN3O4S. The van der Waals surface area contributed by atoms with Crippen LogP contribution in [0.1, 0.15) is 13.3 Å². The highest BCUT2D eigenvalue weighted by Gasteiger charge is 2.28. The van der Waals surface area contributed by atoms with Crippen LogP contribution >= 0.6 is 0 Å². The standard InChI is InChI=1S/C16H24FN3O4S/c1-2-18-16(20-13-7-8-25(22,23)11-13)19-9-14(21)10-24-15-5-3-12(17)4-6-15/h3-6,13-14,21H,2,7-11H2,1H3,(H2,18,19,20). The highest BCUT2D eigenvalue weighted by Crippen LogP contribution is 2.12. The van der Waals surface area contributed by atoms with E-state index in [-0.39, 0.29) is 36.5 Å². The minimum Gasteiger partial charge on any atom is -0.491 e. The van der Waals surface area contributed by atoms with E-state index >= 15 is 0 Å². The molecule has 0 aliphatic carbocycles. The van der Waals surface area contributed by atoms with E-state index in [4.69, 9.17) is 4.74 Å². The first-order valence-electron chi connectivity index (χ1n) is 8.19. The predicted molar refractivity (Wildman–Crippen MR) is 94.1 cm³/mol. The van der Waals surface area contributed by atoms with Crippen LogP contribution in [0.4, 0.5) is 4.39 Å². The smallest absolute Gasteiger partial charge is 0.191 e. The summed E-state index contributed by atoms with van der Waals surface area (Å²) in [4.78, 5) is 4.26. The highest BCUT2D eigenvalue weighted by molar-refractivity contribution is 7.91. The van der Waals surface area contributed by atoms with Crippen molar-refractivity contribution in [2.24, 2.45) is 4.99 Å². The van der Waals surface area contributed by atoms with Crippen molar-refractivity contribution in [2.45, 2.75) is 25.5 Å². The number of aliphatic hydroxyl groups excluding tert-OH is 1. The molecule has 1 aromatic carbocycles. The normalized spacial score (nSPS) is 20.9. The monoisotopic (exact) mass is 373 g/mol. The van der Waals surface area contributed by atoms with Crippen LogP contribution < -0.4 is 15.4 Å². The number of aliphatic hydroxyl groups is 1. The zero-order valence-electron chi connectivity index (χ0n) is 14.1. The molecule has 3 N–H and O–H groups in total. The molecule has 1 heterocycles. The molecule has 1 aromatic rings. The molecule has 0 spiro atoms. The second-order valence-corrected chi connectivity index (χ2v) is 8.11. The van der Waals surface area contributed by atoms with Gasteiger partial charge in [0.25, 0.3) is 0 Å². The highest BCUT2D eigenvalue weighted by atomic mass is 32.2. The second kappa shape index (κ2) is 9.00. The van der Waals surface area contributed by atoms with Crippen molar-refractivity contribution in [3.63, 3.8) is 0 Å². The maximum atomic E-state index is 12.8. The summed E-state index contributed by atoms with van der Waals surface area (Å²) in [6, 6.07) is 5.36. The van der Waals surface area contributed by atoms with Crippen LogP contribution in [-0.2, 0) is 9.84 Å². The van der Waals surface area contributed by atoms with Gasteiger partial charge in [0.05, 0.1) is 18.1 Å². The number of ether oxygens (including phenoxy) is 1. The van der Waals surface area contributed by atoms with Gasteiger partial charge in [0.1, 0.15) is 24.3 Å². The fourth-order valence-corrected chi connectivity index (χ4v) is 4.07. The summed E-state index contributed by atoms with van der Waals surface area (Å²) < 4.78 is 41.2. The van der Waals surface area contributed by atoms with Crippen LogP contribution in [0, 0.1) is 5.82 Å². The molecule has 0 amide bonds. The number of nitrogens with zero attached hydrogens (tertiary/aromatic N) is 1. The average Bonchev–Trinajstić information content (AvgIpc) is 2.91. The fourth-order valence-electron chi connectivity index (χ4n) is 2.39. The van der Waals surface area contributed by atoms with Crippen LogP contribution in [0.25, 0.3) is 0 Å². The van der Waals surface area contributed by atoms with Crippen molar-refractivity contribution in [1.82, 2.24) is 10.6 Å². The summed E-state index contributed by atoms with van der Waals surface area (Å²) in [5.74, 6) is 0.843. The molecule has 0 aromatic heterocycles. The van der Waals surface area contributed by atoms with Gasteiger partial charge < -0.3 is 20.5 Å². The van der Waals surface area contributed by atoms with E-state index in [1.54, 1.807) is 0 Å². The zero-order chi connectivity index (χ0) is 18.3. The number of aliphatic imine (C=N–C) groups is 1. The molecule has 1 aliphatic heterocycles. The van der Waals surface area contributed by atoms with E-state index < -0.39 is 15.9 Å². The van der Waals surface area contributed by atoms with Gasteiger partial charge >= 0.3 is 0 Å². The topological polar surface area (TPSA) is 100 Å². The molecule has 140 valence electrons. The summed E-state index contributed by atoms with van der Waals surface area (Å²) >= 11 is 0. The molecule has 0 radical (unpaired) electrons. The Balaban J connectivity index is 1.81. The molecule has 1 fully saturated rings. The van der Waals surface area contributed by atoms with Gasteiger partial charge in [0.15, 0.2) is 15.8 Å². The average molecular weight is 373 g/mol. The van der Waals surface area contributed by atoms with Crippen molar-refractivity contribution < 1.29 is 22.7 Å². The Morgan fingerprint density at radius 3 is 2.76 bits per heavy atom. The van der Waals surface area contributed by atoms with Crippen molar-refractivity contribution >= 4 is 15.8 Å². The van der Waals surface area contributed by atoms with Crippen molar-refractivity contribution in [2.75, 3.05) is 31.2 Å². The quantitative estimate of drug-likeness (QED) is 0.470. The summed E-state index contributed by atoms with van der Waals surface area (Å²) in [5, 5.41) is 16.1. The predicted octanol–water partition coefficient (Wildman–Crippen LogP) is 0.308. The molecule has 25 heavy (non-hydrogen) atoms. The van der Waals surface area contributed by atoms with Crippen molar-refractivity contribution in [3.8, 4) is 5.75 Å². The van der Waals surface area contributed by atoms with Gasteiger partial charge in [-0.3, -0.25) is 4.99 Å². The van der Waals surface area contributed by atoms with Crippen LogP contribution in [0.5, 0.6) is 5.75 Å². The Morgan fingerprint density at radius 1 is 1.44 bits per heavy atom. The van der Waals surface area contributed by atoms with Crippen LogP contribution in [-0.4, -0.2) is 62.8 Å². The lowest BCUT2D eigenvalue weighted by atomic mass is 10.3. The maximum absolute atomic E-state index is 12.8. The van der Waals surface area contributed by atoms with Crippen LogP contribution in [0.3, 0.4) is 0 Å². The molecule has 2 rings (SSSR count). The first-order chi connectivity index (χ1) is 11.9. The molecule has 9 heteroatoms. The number of nitrogens with one attached hydrogen (secondary N) is 2. The molecule has 7 nitrogen and oxygen atoms in total. The summed E-state index contributed by atoms with van der Waals surface area (Å²) in [6.45, 7) is 2.63. The van der Waals surface area contributed by atoms with E-state index in [0.717, 1.165) is 0 Å². The number of benzene rings is 1. The largest absolute Gasteiger partial charge is 0.491 e. The summed E-state index contributed by atoms with van der Waals surface area (Å²) in [5.41, 5.74) is 0. The summed E-state index contributed by atoms with van der Waals surface area (Å²) in [7, 11) is -2.97. The van der Waals surface area contributed by atoms with E-state index in [9.17, 15) is 17.9 Å². The first-order valence-corrected chi connectivity index (χ1v) is 10.0. The Bertz CT molecular complexity index is 679. The number of hydrogen-bond donors (Lipinski definition) is 3. The Morgan fingerprint density at radius 2 is 2.16 bits per heavy atom. The Labute approximate surface area is 147 Å². The minimum atomic E-state index is -2.97. The lowest BCUT2D eigenvalue weighted by Gasteiger charge is -2.17. The van der Waals surface area contributed by atoms with Crippen molar-refractivity contribution in [1.29, 1.82) is 0 Å². The molecule has 2 atom stereocenters. The van der Waals surface area contributed by atoms with Gasteiger partial charge in [-0.25, -0.2) is 12.8 Å².